The topological polar surface area (TPSA) is 54.0 Å². The summed E-state index contributed by atoms with van der Waals surface area (Å²) in [4.78, 5) is 17.0. The van der Waals surface area contributed by atoms with Crippen LogP contribution in [0.1, 0.15) is 20.9 Å². The fourth-order valence-corrected chi connectivity index (χ4v) is 3.13. The summed E-state index contributed by atoms with van der Waals surface area (Å²) in [6.45, 7) is 3.46. The van der Waals surface area contributed by atoms with Crippen LogP contribution in [0.5, 0.6) is 0 Å². The van der Waals surface area contributed by atoms with Crippen LogP contribution in [0.15, 0.2) is 42.5 Å². The second kappa shape index (κ2) is 6.98. The van der Waals surface area contributed by atoms with E-state index in [2.05, 4.69) is 15.6 Å². The molecule has 0 bridgehead atoms. The number of rotatable bonds is 4. The van der Waals surface area contributed by atoms with E-state index in [1.807, 2.05) is 0 Å². The standard InChI is InChI=1S/C18H15F2N3OS/c1-10-6-7-15(14(20)8-10)23-17(24)16-11(2)21-18(25-16)22-13-5-3-4-12(19)9-13/h3-9H,1-2H3,(H,21,22)(H,23,24). The van der Waals surface area contributed by atoms with Gasteiger partial charge in [-0.15, -0.1) is 0 Å². The maximum atomic E-state index is 13.9. The first-order valence-electron chi connectivity index (χ1n) is 7.50. The highest BCUT2D eigenvalue weighted by molar-refractivity contribution is 7.17. The molecule has 0 fully saturated rings. The molecule has 0 spiro atoms. The summed E-state index contributed by atoms with van der Waals surface area (Å²) in [7, 11) is 0. The predicted octanol–water partition coefficient (Wildman–Crippen LogP) is 5.03. The molecule has 1 aromatic heterocycles. The number of hydrogen-bond acceptors (Lipinski definition) is 4. The maximum absolute atomic E-state index is 13.9. The fraction of sp³-hybridized carbons (Fsp3) is 0.111. The van der Waals surface area contributed by atoms with Gasteiger partial charge in [-0.25, -0.2) is 13.8 Å². The molecule has 7 heteroatoms. The quantitative estimate of drug-likeness (QED) is 0.687. The van der Waals surface area contributed by atoms with Crippen LogP contribution in [0.25, 0.3) is 0 Å². The van der Waals surface area contributed by atoms with Gasteiger partial charge < -0.3 is 10.6 Å². The number of amides is 1. The fourth-order valence-electron chi connectivity index (χ4n) is 2.25. The van der Waals surface area contributed by atoms with E-state index < -0.39 is 11.7 Å². The highest BCUT2D eigenvalue weighted by atomic mass is 32.1. The first-order chi connectivity index (χ1) is 11.9. The number of aromatic nitrogens is 1. The Morgan fingerprint density at radius 1 is 1.12 bits per heavy atom. The van der Waals surface area contributed by atoms with Gasteiger partial charge in [0.25, 0.3) is 5.91 Å². The number of halogens is 2. The van der Waals surface area contributed by atoms with Crippen molar-refractivity contribution in [2.75, 3.05) is 10.6 Å². The summed E-state index contributed by atoms with van der Waals surface area (Å²) in [5.41, 5.74) is 1.92. The minimum absolute atomic E-state index is 0.114. The van der Waals surface area contributed by atoms with E-state index in [1.165, 1.54) is 24.3 Å². The lowest BCUT2D eigenvalue weighted by Gasteiger charge is -2.06. The van der Waals surface area contributed by atoms with E-state index in [1.54, 1.807) is 32.0 Å². The number of thiazole rings is 1. The summed E-state index contributed by atoms with van der Waals surface area (Å²) in [6, 6.07) is 10.5. The van der Waals surface area contributed by atoms with Crippen molar-refractivity contribution >= 4 is 33.8 Å². The molecule has 0 aliphatic carbocycles. The molecular formula is C18H15F2N3OS. The van der Waals surface area contributed by atoms with Gasteiger partial charge in [0.2, 0.25) is 0 Å². The molecule has 0 radical (unpaired) electrons. The molecule has 0 saturated carbocycles. The van der Waals surface area contributed by atoms with E-state index in [0.717, 1.165) is 16.9 Å². The van der Waals surface area contributed by atoms with Crippen molar-refractivity contribution in [1.29, 1.82) is 0 Å². The zero-order valence-corrected chi connectivity index (χ0v) is 14.4. The van der Waals surface area contributed by atoms with Crippen molar-refractivity contribution < 1.29 is 13.6 Å². The Morgan fingerprint density at radius 2 is 1.92 bits per heavy atom. The Bertz CT molecular complexity index is 940. The number of nitrogens with zero attached hydrogens (tertiary/aromatic N) is 1. The Labute approximate surface area is 147 Å². The Balaban J connectivity index is 1.78. The molecular weight excluding hydrogens is 344 g/mol. The predicted molar refractivity (Wildman–Crippen MR) is 95.6 cm³/mol. The van der Waals surface area contributed by atoms with Crippen LogP contribution < -0.4 is 10.6 Å². The first-order valence-corrected chi connectivity index (χ1v) is 8.31. The third kappa shape index (κ3) is 4.00. The van der Waals surface area contributed by atoms with Gasteiger partial charge in [-0.1, -0.05) is 23.5 Å². The van der Waals surface area contributed by atoms with Crippen LogP contribution >= 0.6 is 11.3 Å². The summed E-state index contributed by atoms with van der Waals surface area (Å²) >= 11 is 1.12. The van der Waals surface area contributed by atoms with Crippen LogP contribution in [0.4, 0.5) is 25.3 Å². The maximum Gasteiger partial charge on any atom is 0.267 e. The summed E-state index contributed by atoms with van der Waals surface area (Å²) in [6.07, 6.45) is 0. The molecule has 1 amide bonds. The van der Waals surface area contributed by atoms with Gasteiger partial charge >= 0.3 is 0 Å². The second-order valence-electron chi connectivity index (χ2n) is 5.51. The van der Waals surface area contributed by atoms with Crippen molar-refractivity contribution in [1.82, 2.24) is 4.98 Å². The smallest absolute Gasteiger partial charge is 0.267 e. The highest BCUT2D eigenvalue weighted by Gasteiger charge is 2.17. The Kier molecular flexibility index (Phi) is 4.76. The zero-order valence-electron chi connectivity index (χ0n) is 13.6. The summed E-state index contributed by atoms with van der Waals surface area (Å²) in [5.74, 6) is -1.30. The molecule has 0 saturated heterocycles. The third-order valence-electron chi connectivity index (χ3n) is 3.45. The molecule has 128 valence electrons. The molecule has 1 heterocycles. The molecule has 2 N–H and O–H groups in total. The minimum Gasteiger partial charge on any atom is -0.331 e. The van der Waals surface area contributed by atoms with Crippen LogP contribution in [0, 0.1) is 25.5 Å². The van der Waals surface area contributed by atoms with Crippen molar-refractivity contribution in [3.63, 3.8) is 0 Å². The van der Waals surface area contributed by atoms with Crippen molar-refractivity contribution in [2.45, 2.75) is 13.8 Å². The van der Waals surface area contributed by atoms with Crippen LogP contribution in [0.2, 0.25) is 0 Å². The second-order valence-corrected chi connectivity index (χ2v) is 6.51. The number of hydrogen-bond donors (Lipinski definition) is 2. The number of carbonyl (C=O) groups excluding carboxylic acids is 1. The minimum atomic E-state index is -0.492. The highest BCUT2D eigenvalue weighted by Crippen LogP contribution is 2.27. The molecule has 0 atom stereocenters. The average Bonchev–Trinajstić information content (AvgIpc) is 2.90. The van der Waals surface area contributed by atoms with E-state index in [0.29, 0.717) is 21.4 Å². The van der Waals surface area contributed by atoms with Crippen LogP contribution in [-0.2, 0) is 0 Å². The summed E-state index contributed by atoms with van der Waals surface area (Å²) in [5, 5.41) is 5.96. The lowest BCUT2D eigenvalue weighted by Crippen LogP contribution is -2.12. The van der Waals surface area contributed by atoms with E-state index in [4.69, 9.17) is 0 Å². The molecule has 0 aliphatic rings. The lowest BCUT2D eigenvalue weighted by atomic mass is 10.2. The zero-order chi connectivity index (χ0) is 18.0. The summed E-state index contributed by atoms with van der Waals surface area (Å²) < 4.78 is 27.1. The van der Waals surface area contributed by atoms with Gasteiger partial charge in [0.05, 0.1) is 11.4 Å². The number of anilines is 3. The Morgan fingerprint density at radius 3 is 2.64 bits per heavy atom. The number of benzene rings is 2. The van der Waals surface area contributed by atoms with Gasteiger partial charge in [0, 0.05) is 5.69 Å². The van der Waals surface area contributed by atoms with Crippen molar-refractivity contribution in [3.8, 4) is 0 Å². The van der Waals surface area contributed by atoms with Gasteiger partial charge in [-0.2, -0.15) is 0 Å². The van der Waals surface area contributed by atoms with Gasteiger partial charge in [-0.3, -0.25) is 4.79 Å². The van der Waals surface area contributed by atoms with Crippen molar-refractivity contribution in [2.24, 2.45) is 0 Å². The van der Waals surface area contributed by atoms with Crippen LogP contribution in [0.3, 0.4) is 0 Å². The molecule has 3 rings (SSSR count). The number of nitrogens with one attached hydrogen (secondary N) is 2. The lowest BCUT2D eigenvalue weighted by molar-refractivity contribution is 0.102. The van der Waals surface area contributed by atoms with E-state index in [-0.39, 0.29) is 11.5 Å². The van der Waals surface area contributed by atoms with Gasteiger partial charge in [0.1, 0.15) is 16.5 Å². The SMILES string of the molecule is Cc1ccc(NC(=O)c2sc(Nc3cccc(F)c3)nc2C)c(F)c1. The van der Waals surface area contributed by atoms with E-state index >= 15 is 0 Å². The molecule has 25 heavy (non-hydrogen) atoms. The van der Waals surface area contributed by atoms with Gasteiger partial charge in [0.15, 0.2) is 5.13 Å². The largest absolute Gasteiger partial charge is 0.331 e. The van der Waals surface area contributed by atoms with Crippen LogP contribution in [-0.4, -0.2) is 10.9 Å². The Hall–Kier alpha value is -2.80. The molecule has 2 aromatic carbocycles. The molecule has 4 nitrogen and oxygen atoms in total. The van der Waals surface area contributed by atoms with E-state index in [9.17, 15) is 13.6 Å². The molecule has 0 unspecified atom stereocenters. The van der Waals surface area contributed by atoms with Crippen molar-refractivity contribution in [3.05, 3.63) is 70.2 Å². The third-order valence-corrected chi connectivity index (χ3v) is 4.52. The normalized spacial score (nSPS) is 10.6. The van der Waals surface area contributed by atoms with Gasteiger partial charge in [-0.05, 0) is 49.7 Å². The number of aryl methyl sites for hydroxylation is 2. The first kappa shape index (κ1) is 17.0. The molecule has 3 aromatic rings. The number of carbonyl (C=O) groups is 1. The molecule has 0 aliphatic heterocycles. The average molecular weight is 359 g/mol. The monoisotopic (exact) mass is 359 g/mol.